The Morgan fingerprint density at radius 2 is 2.23 bits per heavy atom. The average Bonchev–Trinajstić information content (AvgIpc) is 2.14. The minimum absolute atomic E-state index is 0.627. The van der Waals surface area contributed by atoms with Crippen LogP contribution in [0.25, 0.3) is 0 Å². The van der Waals surface area contributed by atoms with Gasteiger partial charge in [0.1, 0.15) is 0 Å². The molecule has 1 atom stereocenters. The van der Waals surface area contributed by atoms with Gasteiger partial charge >= 0.3 is 0 Å². The predicted molar refractivity (Wildman–Crippen MR) is 60.0 cm³/mol. The summed E-state index contributed by atoms with van der Waals surface area (Å²) in [5.74, 6) is 1.63. The molecule has 2 nitrogen and oxygen atoms in total. The molecule has 0 aromatic heterocycles. The van der Waals surface area contributed by atoms with E-state index < -0.39 is 0 Å². The zero-order valence-electron chi connectivity index (χ0n) is 8.66. The first-order chi connectivity index (χ1) is 6.24. The number of rotatable bonds is 7. The molecule has 0 aromatic rings. The summed E-state index contributed by atoms with van der Waals surface area (Å²) in [5, 5.41) is 8.42. The molecule has 13 heavy (non-hydrogen) atoms. The third kappa shape index (κ3) is 6.92. The van der Waals surface area contributed by atoms with E-state index in [1.165, 1.54) is 12.8 Å². The monoisotopic (exact) mass is 200 g/mol. The van der Waals surface area contributed by atoms with Gasteiger partial charge in [-0.05, 0) is 25.1 Å². The molecule has 0 aliphatic carbocycles. The normalized spacial score (nSPS) is 12.8. The average molecular weight is 200 g/mol. The van der Waals surface area contributed by atoms with E-state index in [9.17, 15) is 0 Å². The van der Waals surface area contributed by atoms with Crippen molar-refractivity contribution in [1.29, 1.82) is 5.26 Å². The highest BCUT2D eigenvalue weighted by atomic mass is 32.1. The quantitative estimate of drug-likeness (QED) is 0.638. The Morgan fingerprint density at radius 3 is 2.69 bits per heavy atom. The Labute approximate surface area is 87.3 Å². The van der Waals surface area contributed by atoms with Crippen LogP contribution in [0, 0.1) is 17.2 Å². The molecule has 0 amide bonds. The molecule has 0 aliphatic heterocycles. The Hall–Kier alpha value is -0.200. The topological polar surface area (TPSA) is 27.0 Å². The zero-order chi connectivity index (χ0) is 10.1. The van der Waals surface area contributed by atoms with Crippen molar-refractivity contribution in [3.8, 4) is 6.07 Å². The van der Waals surface area contributed by atoms with Gasteiger partial charge in [-0.1, -0.05) is 13.3 Å². The smallest absolute Gasteiger partial charge is 0.0635 e. The first kappa shape index (κ1) is 12.8. The maximum absolute atomic E-state index is 8.42. The SMILES string of the molecule is CCCC(CS)CN(C)CCC#N. The first-order valence-electron chi connectivity index (χ1n) is 4.90. The summed E-state index contributed by atoms with van der Waals surface area (Å²) in [4.78, 5) is 2.22. The van der Waals surface area contributed by atoms with Crippen LogP contribution < -0.4 is 0 Å². The summed E-state index contributed by atoms with van der Waals surface area (Å²) < 4.78 is 0. The van der Waals surface area contributed by atoms with Crippen LogP contribution in [0.15, 0.2) is 0 Å². The Kier molecular flexibility index (Phi) is 8.27. The fourth-order valence-corrected chi connectivity index (χ4v) is 1.72. The summed E-state index contributed by atoms with van der Waals surface area (Å²) in [5.41, 5.74) is 0. The number of nitriles is 1. The molecule has 0 aromatic carbocycles. The molecular weight excluding hydrogens is 180 g/mol. The van der Waals surface area contributed by atoms with Crippen LogP contribution in [0.1, 0.15) is 26.2 Å². The molecule has 1 unspecified atom stereocenters. The van der Waals surface area contributed by atoms with E-state index >= 15 is 0 Å². The van der Waals surface area contributed by atoms with Gasteiger partial charge in [-0.2, -0.15) is 17.9 Å². The number of hydrogen-bond acceptors (Lipinski definition) is 3. The van der Waals surface area contributed by atoms with Crippen molar-refractivity contribution in [2.75, 3.05) is 25.9 Å². The van der Waals surface area contributed by atoms with Crippen molar-refractivity contribution in [3.05, 3.63) is 0 Å². The van der Waals surface area contributed by atoms with Gasteiger partial charge in [0, 0.05) is 19.5 Å². The molecule has 0 N–H and O–H groups in total. The molecule has 76 valence electrons. The maximum atomic E-state index is 8.42. The summed E-state index contributed by atoms with van der Waals surface area (Å²) in [6, 6.07) is 2.16. The van der Waals surface area contributed by atoms with Gasteiger partial charge < -0.3 is 4.90 Å². The number of nitrogens with zero attached hydrogens (tertiary/aromatic N) is 2. The molecule has 0 bridgehead atoms. The number of hydrogen-bond donors (Lipinski definition) is 1. The maximum Gasteiger partial charge on any atom is 0.0635 e. The molecule has 0 saturated heterocycles. The van der Waals surface area contributed by atoms with Crippen molar-refractivity contribution < 1.29 is 0 Å². The standard InChI is InChI=1S/C10H20N2S/c1-3-5-10(9-13)8-12(2)7-4-6-11/h10,13H,3-5,7-9H2,1-2H3. The second-order valence-corrected chi connectivity index (χ2v) is 3.87. The Morgan fingerprint density at radius 1 is 1.54 bits per heavy atom. The van der Waals surface area contributed by atoms with Crippen LogP contribution in [0.4, 0.5) is 0 Å². The van der Waals surface area contributed by atoms with E-state index in [-0.39, 0.29) is 0 Å². The van der Waals surface area contributed by atoms with Gasteiger partial charge in [0.25, 0.3) is 0 Å². The van der Waals surface area contributed by atoms with Crippen molar-refractivity contribution in [3.63, 3.8) is 0 Å². The van der Waals surface area contributed by atoms with Crippen LogP contribution in [-0.4, -0.2) is 30.8 Å². The van der Waals surface area contributed by atoms with Crippen LogP contribution >= 0.6 is 12.6 Å². The lowest BCUT2D eigenvalue weighted by Gasteiger charge is -2.21. The lowest BCUT2D eigenvalue weighted by atomic mass is 10.1. The first-order valence-corrected chi connectivity index (χ1v) is 5.54. The molecule has 0 spiro atoms. The fourth-order valence-electron chi connectivity index (χ4n) is 1.42. The highest BCUT2D eigenvalue weighted by Crippen LogP contribution is 2.09. The molecular formula is C10H20N2S. The molecule has 3 heteroatoms. The van der Waals surface area contributed by atoms with Gasteiger partial charge in [-0.25, -0.2) is 0 Å². The Balaban J connectivity index is 3.60. The number of thiol groups is 1. The third-order valence-electron chi connectivity index (χ3n) is 2.13. The van der Waals surface area contributed by atoms with Crippen LogP contribution in [0.5, 0.6) is 0 Å². The van der Waals surface area contributed by atoms with Crippen molar-refractivity contribution >= 4 is 12.6 Å². The summed E-state index contributed by atoms with van der Waals surface area (Å²) >= 11 is 4.32. The minimum atomic E-state index is 0.627. The summed E-state index contributed by atoms with van der Waals surface area (Å²) in [6.07, 6.45) is 3.08. The van der Waals surface area contributed by atoms with Gasteiger partial charge in [0.05, 0.1) is 6.07 Å². The Bertz CT molecular complexity index is 153. The molecule has 0 saturated carbocycles. The molecule has 0 fully saturated rings. The van der Waals surface area contributed by atoms with Crippen molar-refractivity contribution in [1.82, 2.24) is 4.90 Å². The van der Waals surface area contributed by atoms with Crippen LogP contribution in [0.3, 0.4) is 0 Å². The van der Waals surface area contributed by atoms with E-state index in [0.29, 0.717) is 12.3 Å². The van der Waals surface area contributed by atoms with Crippen molar-refractivity contribution in [2.45, 2.75) is 26.2 Å². The van der Waals surface area contributed by atoms with Gasteiger partial charge in [0.2, 0.25) is 0 Å². The van der Waals surface area contributed by atoms with Crippen LogP contribution in [0.2, 0.25) is 0 Å². The van der Waals surface area contributed by atoms with E-state index in [1.54, 1.807) is 0 Å². The van der Waals surface area contributed by atoms with E-state index in [4.69, 9.17) is 5.26 Å². The molecule has 0 aliphatic rings. The molecule has 0 heterocycles. The minimum Gasteiger partial charge on any atom is -0.305 e. The largest absolute Gasteiger partial charge is 0.305 e. The van der Waals surface area contributed by atoms with E-state index in [1.807, 2.05) is 0 Å². The fraction of sp³-hybridized carbons (Fsp3) is 0.900. The summed E-state index contributed by atoms with van der Waals surface area (Å²) in [7, 11) is 2.07. The van der Waals surface area contributed by atoms with E-state index in [0.717, 1.165) is 18.8 Å². The zero-order valence-corrected chi connectivity index (χ0v) is 9.56. The highest BCUT2D eigenvalue weighted by molar-refractivity contribution is 7.80. The van der Waals surface area contributed by atoms with Crippen molar-refractivity contribution in [2.24, 2.45) is 5.92 Å². The highest BCUT2D eigenvalue weighted by Gasteiger charge is 2.08. The van der Waals surface area contributed by atoms with Crippen LogP contribution in [-0.2, 0) is 0 Å². The molecule has 0 rings (SSSR count). The predicted octanol–water partition coefficient (Wildman–Crippen LogP) is 2.18. The van der Waals surface area contributed by atoms with Gasteiger partial charge in [-0.3, -0.25) is 0 Å². The van der Waals surface area contributed by atoms with Gasteiger partial charge in [-0.15, -0.1) is 0 Å². The second-order valence-electron chi connectivity index (χ2n) is 3.51. The van der Waals surface area contributed by atoms with Gasteiger partial charge in [0.15, 0.2) is 0 Å². The molecule has 0 radical (unpaired) electrons. The van der Waals surface area contributed by atoms with E-state index in [2.05, 4.69) is 37.6 Å². The lowest BCUT2D eigenvalue weighted by molar-refractivity contribution is 0.285. The summed E-state index contributed by atoms with van der Waals surface area (Å²) in [6.45, 7) is 4.15. The second kappa shape index (κ2) is 8.40. The third-order valence-corrected chi connectivity index (χ3v) is 2.65. The lowest BCUT2D eigenvalue weighted by Crippen LogP contribution is -2.27.